The summed E-state index contributed by atoms with van der Waals surface area (Å²) in [6.07, 6.45) is 0. The fourth-order valence-electron chi connectivity index (χ4n) is 1.77. The number of nitrogens with one attached hydrogen (secondary N) is 3. The van der Waals surface area contributed by atoms with E-state index < -0.39 is 11.9 Å². The average molecular weight is 342 g/mol. The van der Waals surface area contributed by atoms with Gasteiger partial charge in [-0.1, -0.05) is 23.2 Å². The van der Waals surface area contributed by atoms with Crippen molar-refractivity contribution in [2.24, 2.45) is 0 Å². The summed E-state index contributed by atoms with van der Waals surface area (Å²) in [6.45, 7) is 3.39. The fraction of sp³-hybridized carbons (Fsp3) is 0.143. The number of benzene rings is 1. The summed E-state index contributed by atoms with van der Waals surface area (Å²) in [7, 11) is 0. The van der Waals surface area contributed by atoms with Crippen LogP contribution in [0.5, 0.6) is 0 Å². The predicted octanol–water partition coefficient (Wildman–Crippen LogP) is 3.67. The molecule has 0 bridgehead atoms. The van der Waals surface area contributed by atoms with Gasteiger partial charge in [-0.05, 0) is 38.1 Å². The molecule has 22 heavy (non-hydrogen) atoms. The molecule has 2 aromatic rings. The lowest BCUT2D eigenvalue weighted by atomic mass is 10.2. The maximum Gasteiger partial charge on any atom is 0.337 e. The van der Waals surface area contributed by atoms with Gasteiger partial charge < -0.3 is 9.73 Å². The molecular weight excluding hydrogens is 329 g/mol. The second kappa shape index (κ2) is 6.72. The first-order valence-corrected chi connectivity index (χ1v) is 7.02. The summed E-state index contributed by atoms with van der Waals surface area (Å²) in [6, 6.07) is 5.59. The van der Waals surface area contributed by atoms with Crippen LogP contribution < -0.4 is 16.2 Å². The number of anilines is 1. The Morgan fingerprint density at radius 2 is 1.77 bits per heavy atom. The van der Waals surface area contributed by atoms with Crippen LogP contribution in [0.25, 0.3) is 0 Å². The van der Waals surface area contributed by atoms with E-state index in [1.54, 1.807) is 32.0 Å². The van der Waals surface area contributed by atoms with Gasteiger partial charge >= 0.3 is 6.03 Å². The molecule has 0 saturated carbocycles. The van der Waals surface area contributed by atoms with Gasteiger partial charge in [0.1, 0.15) is 11.5 Å². The molecule has 0 unspecified atom stereocenters. The summed E-state index contributed by atoms with van der Waals surface area (Å²) in [4.78, 5) is 23.6. The third-order valence-electron chi connectivity index (χ3n) is 2.75. The first kappa shape index (κ1) is 16.2. The molecule has 0 saturated heterocycles. The van der Waals surface area contributed by atoms with Crippen molar-refractivity contribution in [1.82, 2.24) is 10.9 Å². The van der Waals surface area contributed by atoms with Crippen LogP contribution in [0.3, 0.4) is 0 Å². The minimum absolute atomic E-state index is 0.313. The average Bonchev–Trinajstić information content (AvgIpc) is 2.79. The Hall–Kier alpha value is -2.18. The zero-order chi connectivity index (χ0) is 16.3. The van der Waals surface area contributed by atoms with E-state index in [4.69, 9.17) is 27.6 Å². The van der Waals surface area contributed by atoms with Crippen molar-refractivity contribution in [2.75, 3.05) is 5.32 Å². The molecule has 0 spiro atoms. The number of hydrazine groups is 1. The van der Waals surface area contributed by atoms with E-state index in [9.17, 15) is 9.59 Å². The van der Waals surface area contributed by atoms with E-state index in [1.165, 1.54) is 6.07 Å². The second-order valence-electron chi connectivity index (χ2n) is 4.49. The number of halogens is 2. The van der Waals surface area contributed by atoms with Gasteiger partial charge in [0.05, 0.1) is 15.6 Å². The van der Waals surface area contributed by atoms with Gasteiger partial charge in [-0.15, -0.1) is 0 Å². The van der Waals surface area contributed by atoms with Gasteiger partial charge in [0.25, 0.3) is 5.91 Å². The highest BCUT2D eigenvalue weighted by Crippen LogP contribution is 2.24. The summed E-state index contributed by atoms with van der Waals surface area (Å²) >= 11 is 11.6. The number of urea groups is 1. The van der Waals surface area contributed by atoms with Gasteiger partial charge in [0.2, 0.25) is 0 Å². The Bertz CT molecular complexity index is 728. The summed E-state index contributed by atoms with van der Waals surface area (Å²) in [5.74, 6) is 0.614. The molecule has 0 aliphatic rings. The van der Waals surface area contributed by atoms with Crippen LogP contribution in [-0.4, -0.2) is 11.9 Å². The molecule has 0 aliphatic carbocycles. The van der Waals surface area contributed by atoms with Crippen molar-refractivity contribution in [2.45, 2.75) is 13.8 Å². The zero-order valence-corrected chi connectivity index (χ0v) is 13.3. The zero-order valence-electron chi connectivity index (χ0n) is 11.8. The Balaban J connectivity index is 1.91. The first-order chi connectivity index (χ1) is 10.4. The summed E-state index contributed by atoms with van der Waals surface area (Å²) in [5.41, 5.74) is 5.31. The van der Waals surface area contributed by atoms with Gasteiger partial charge in [0.15, 0.2) is 0 Å². The molecule has 2 rings (SSSR count). The third kappa shape index (κ3) is 3.93. The quantitative estimate of drug-likeness (QED) is 0.728. The largest absolute Gasteiger partial charge is 0.466 e. The van der Waals surface area contributed by atoms with Gasteiger partial charge in [0, 0.05) is 5.69 Å². The minimum Gasteiger partial charge on any atom is -0.466 e. The molecule has 6 nitrogen and oxygen atoms in total. The van der Waals surface area contributed by atoms with Gasteiger partial charge in [-0.25, -0.2) is 10.2 Å². The number of rotatable bonds is 2. The van der Waals surface area contributed by atoms with E-state index >= 15 is 0 Å². The molecule has 1 aromatic heterocycles. The molecule has 0 aliphatic heterocycles. The Kier molecular flexibility index (Phi) is 4.95. The molecule has 8 heteroatoms. The molecule has 1 aromatic carbocycles. The number of furan rings is 1. The first-order valence-electron chi connectivity index (χ1n) is 6.26. The van der Waals surface area contributed by atoms with Crippen LogP contribution >= 0.6 is 23.2 Å². The smallest absolute Gasteiger partial charge is 0.337 e. The SMILES string of the molecule is Cc1cc(C(=O)NNC(=O)Nc2ccc(Cl)c(Cl)c2)c(C)o1. The highest BCUT2D eigenvalue weighted by atomic mass is 35.5. The van der Waals surface area contributed by atoms with E-state index in [1.807, 2.05) is 0 Å². The number of amides is 3. The highest BCUT2D eigenvalue weighted by molar-refractivity contribution is 6.42. The number of hydrogen-bond donors (Lipinski definition) is 3. The third-order valence-corrected chi connectivity index (χ3v) is 3.49. The lowest BCUT2D eigenvalue weighted by Gasteiger charge is -2.09. The number of carbonyl (C=O) groups excluding carboxylic acids is 2. The predicted molar refractivity (Wildman–Crippen MR) is 84.3 cm³/mol. The van der Waals surface area contributed by atoms with Crippen LogP contribution in [0.1, 0.15) is 21.9 Å². The van der Waals surface area contributed by atoms with Crippen LogP contribution in [-0.2, 0) is 0 Å². The lowest BCUT2D eigenvalue weighted by Crippen LogP contribution is -2.44. The maximum absolute atomic E-state index is 11.9. The maximum atomic E-state index is 11.9. The van der Waals surface area contributed by atoms with Crippen molar-refractivity contribution in [3.63, 3.8) is 0 Å². The molecule has 0 fully saturated rings. The minimum atomic E-state index is -0.621. The van der Waals surface area contributed by atoms with Crippen LogP contribution in [0.2, 0.25) is 10.0 Å². The van der Waals surface area contributed by atoms with E-state index in [-0.39, 0.29) is 0 Å². The molecule has 0 radical (unpaired) electrons. The Labute approximate surface area is 136 Å². The second-order valence-corrected chi connectivity index (χ2v) is 5.30. The van der Waals surface area contributed by atoms with Crippen LogP contribution in [0.4, 0.5) is 10.5 Å². The molecule has 3 N–H and O–H groups in total. The Morgan fingerprint density at radius 1 is 1.05 bits per heavy atom. The monoisotopic (exact) mass is 341 g/mol. The fourth-order valence-corrected chi connectivity index (χ4v) is 2.07. The van der Waals surface area contributed by atoms with Gasteiger partial charge in [-0.3, -0.25) is 10.2 Å². The molecule has 1 heterocycles. The van der Waals surface area contributed by atoms with Crippen molar-refractivity contribution in [3.05, 3.63) is 51.4 Å². The van der Waals surface area contributed by atoms with E-state index in [0.29, 0.717) is 32.8 Å². The van der Waals surface area contributed by atoms with Crippen molar-refractivity contribution < 1.29 is 14.0 Å². The number of hydrogen-bond acceptors (Lipinski definition) is 3. The van der Waals surface area contributed by atoms with Gasteiger partial charge in [-0.2, -0.15) is 0 Å². The molecule has 116 valence electrons. The van der Waals surface area contributed by atoms with Crippen molar-refractivity contribution in [3.8, 4) is 0 Å². The van der Waals surface area contributed by atoms with E-state index in [0.717, 1.165) is 0 Å². The topological polar surface area (TPSA) is 83.4 Å². The summed E-state index contributed by atoms with van der Waals surface area (Å²) in [5, 5.41) is 3.20. The standard InChI is InChI=1S/C14H13Cl2N3O3/c1-7-5-10(8(2)22-7)13(20)18-19-14(21)17-9-3-4-11(15)12(16)6-9/h3-6H,1-2H3,(H,18,20)(H2,17,19,21). The normalized spacial score (nSPS) is 10.2. The number of aryl methyl sites for hydroxylation is 2. The molecule has 3 amide bonds. The van der Waals surface area contributed by atoms with Crippen LogP contribution in [0.15, 0.2) is 28.7 Å². The molecular formula is C14H13Cl2N3O3. The molecule has 0 atom stereocenters. The van der Waals surface area contributed by atoms with Crippen LogP contribution in [0, 0.1) is 13.8 Å². The lowest BCUT2D eigenvalue weighted by molar-refractivity contribution is 0.0936. The van der Waals surface area contributed by atoms with E-state index in [2.05, 4.69) is 16.2 Å². The summed E-state index contributed by atoms with van der Waals surface area (Å²) < 4.78 is 5.25. The van der Waals surface area contributed by atoms with Crippen molar-refractivity contribution >= 4 is 40.8 Å². The van der Waals surface area contributed by atoms with Crippen molar-refractivity contribution in [1.29, 1.82) is 0 Å². The Morgan fingerprint density at radius 3 is 2.36 bits per heavy atom. The number of carbonyl (C=O) groups is 2. The highest BCUT2D eigenvalue weighted by Gasteiger charge is 2.14.